The van der Waals surface area contributed by atoms with Gasteiger partial charge in [0.15, 0.2) is 0 Å². The Morgan fingerprint density at radius 2 is 1.78 bits per heavy atom. The van der Waals surface area contributed by atoms with E-state index in [9.17, 15) is 9.59 Å². The zero-order valence-electron chi connectivity index (χ0n) is 10.9. The van der Waals surface area contributed by atoms with Crippen molar-refractivity contribution in [2.45, 2.75) is 19.0 Å². The summed E-state index contributed by atoms with van der Waals surface area (Å²) in [5.74, 6) is -0.521. The number of hydrogen-bond donors (Lipinski definition) is 2. The lowest BCUT2D eigenvalue weighted by Crippen LogP contribution is -2.47. The van der Waals surface area contributed by atoms with Crippen molar-refractivity contribution in [3.8, 4) is 0 Å². The lowest BCUT2D eigenvalue weighted by Gasteiger charge is -2.20. The molecule has 0 aliphatic carbocycles. The first kappa shape index (κ1) is 14.2. The van der Waals surface area contributed by atoms with Crippen LogP contribution < -0.4 is 11.1 Å². The van der Waals surface area contributed by atoms with Gasteiger partial charge >= 0.3 is 0 Å². The summed E-state index contributed by atoms with van der Waals surface area (Å²) in [6.45, 7) is 1.64. The number of benzene rings is 1. The Labute approximate surface area is 107 Å². The van der Waals surface area contributed by atoms with Crippen molar-refractivity contribution < 1.29 is 9.59 Å². The third-order valence-electron chi connectivity index (χ3n) is 2.61. The first-order valence-corrected chi connectivity index (χ1v) is 5.75. The Hall–Kier alpha value is -1.88. The van der Waals surface area contributed by atoms with Gasteiger partial charge in [0.1, 0.15) is 12.1 Å². The summed E-state index contributed by atoms with van der Waals surface area (Å²) in [5, 5.41) is 2.60. The summed E-state index contributed by atoms with van der Waals surface area (Å²) in [7, 11) is 3.28. The predicted molar refractivity (Wildman–Crippen MR) is 69.7 cm³/mol. The molecule has 2 atom stereocenters. The molecule has 5 heteroatoms. The van der Waals surface area contributed by atoms with Crippen molar-refractivity contribution in [2.75, 3.05) is 14.1 Å². The van der Waals surface area contributed by atoms with E-state index in [1.807, 2.05) is 18.2 Å². The summed E-state index contributed by atoms with van der Waals surface area (Å²) >= 11 is 0. The van der Waals surface area contributed by atoms with Crippen molar-refractivity contribution in [1.29, 1.82) is 0 Å². The minimum atomic E-state index is -0.761. The van der Waals surface area contributed by atoms with Gasteiger partial charge in [-0.1, -0.05) is 30.3 Å². The van der Waals surface area contributed by atoms with Crippen molar-refractivity contribution in [3.05, 3.63) is 35.9 Å². The molecular weight excluding hydrogens is 230 g/mol. The van der Waals surface area contributed by atoms with Gasteiger partial charge < -0.3 is 16.0 Å². The van der Waals surface area contributed by atoms with E-state index in [-0.39, 0.29) is 11.8 Å². The number of hydrogen-bond acceptors (Lipinski definition) is 3. The number of rotatable bonds is 4. The highest BCUT2D eigenvalue weighted by Crippen LogP contribution is 2.09. The number of carbonyl (C=O) groups excluding carboxylic acids is 2. The fourth-order valence-electron chi connectivity index (χ4n) is 1.56. The molecule has 2 unspecified atom stereocenters. The highest BCUT2D eigenvalue weighted by Gasteiger charge is 2.21. The quantitative estimate of drug-likeness (QED) is 0.804. The van der Waals surface area contributed by atoms with Crippen molar-refractivity contribution in [3.63, 3.8) is 0 Å². The minimum Gasteiger partial charge on any atom is -0.347 e. The summed E-state index contributed by atoms with van der Waals surface area (Å²) in [4.78, 5) is 24.9. The average Bonchev–Trinajstić information content (AvgIpc) is 2.37. The molecule has 0 bridgehead atoms. The Bertz CT molecular complexity index is 418. The number of amides is 2. The molecule has 98 valence electrons. The van der Waals surface area contributed by atoms with Crippen LogP contribution in [0.5, 0.6) is 0 Å². The topological polar surface area (TPSA) is 75.4 Å². The molecule has 0 saturated carbocycles. The third kappa shape index (κ3) is 3.56. The van der Waals surface area contributed by atoms with Crippen LogP contribution in [-0.4, -0.2) is 36.9 Å². The van der Waals surface area contributed by atoms with Crippen molar-refractivity contribution in [2.24, 2.45) is 5.73 Å². The Morgan fingerprint density at radius 1 is 1.22 bits per heavy atom. The molecule has 0 aliphatic heterocycles. The second-order valence-electron chi connectivity index (χ2n) is 4.35. The van der Waals surface area contributed by atoms with Crippen LogP contribution in [0.15, 0.2) is 30.3 Å². The van der Waals surface area contributed by atoms with Crippen LogP contribution in [0.1, 0.15) is 18.5 Å². The van der Waals surface area contributed by atoms with Gasteiger partial charge in [0, 0.05) is 14.1 Å². The maximum absolute atomic E-state index is 11.9. The van der Waals surface area contributed by atoms with Gasteiger partial charge in [-0.2, -0.15) is 0 Å². The van der Waals surface area contributed by atoms with Gasteiger partial charge in [0.05, 0.1) is 0 Å². The van der Waals surface area contributed by atoms with Gasteiger partial charge in [-0.25, -0.2) is 0 Å². The van der Waals surface area contributed by atoms with Crippen molar-refractivity contribution >= 4 is 11.8 Å². The van der Waals surface area contributed by atoms with Crippen LogP contribution in [0.3, 0.4) is 0 Å². The van der Waals surface area contributed by atoms with Crippen LogP contribution in [0.4, 0.5) is 0 Å². The first-order chi connectivity index (χ1) is 8.43. The highest BCUT2D eigenvalue weighted by atomic mass is 16.2. The molecule has 0 aromatic heterocycles. The van der Waals surface area contributed by atoms with E-state index in [0.717, 1.165) is 5.56 Å². The van der Waals surface area contributed by atoms with E-state index >= 15 is 0 Å². The van der Waals surface area contributed by atoms with Gasteiger partial charge in [0.25, 0.3) is 0 Å². The Kier molecular flexibility index (Phi) is 4.85. The number of nitrogens with one attached hydrogen (secondary N) is 1. The van der Waals surface area contributed by atoms with Crippen LogP contribution in [0.25, 0.3) is 0 Å². The molecule has 0 heterocycles. The van der Waals surface area contributed by atoms with Gasteiger partial charge in [0.2, 0.25) is 11.8 Å². The zero-order chi connectivity index (χ0) is 13.7. The van der Waals surface area contributed by atoms with E-state index in [4.69, 9.17) is 5.73 Å². The molecule has 0 saturated heterocycles. The smallest absolute Gasteiger partial charge is 0.244 e. The summed E-state index contributed by atoms with van der Waals surface area (Å²) in [6.07, 6.45) is 0. The number of nitrogens with zero attached hydrogens (tertiary/aromatic N) is 1. The average molecular weight is 249 g/mol. The van der Waals surface area contributed by atoms with Gasteiger partial charge in [-0.05, 0) is 12.5 Å². The Morgan fingerprint density at radius 3 is 2.28 bits per heavy atom. The SMILES string of the molecule is CC(NC(=O)C(N)c1ccccc1)C(=O)N(C)C. The lowest BCUT2D eigenvalue weighted by molar-refractivity contribution is -0.134. The standard InChI is InChI=1S/C13H19N3O2/c1-9(13(18)16(2)3)15-12(17)11(14)10-7-5-4-6-8-10/h4-9,11H,14H2,1-3H3,(H,15,17). The Balaban J connectivity index is 2.64. The van der Waals surface area contributed by atoms with E-state index in [0.29, 0.717) is 0 Å². The predicted octanol–water partition coefficient (Wildman–Crippen LogP) is 0.279. The van der Waals surface area contributed by atoms with E-state index in [1.165, 1.54) is 4.90 Å². The van der Waals surface area contributed by atoms with E-state index < -0.39 is 12.1 Å². The molecule has 18 heavy (non-hydrogen) atoms. The molecule has 0 aliphatic rings. The molecule has 0 radical (unpaired) electrons. The fraction of sp³-hybridized carbons (Fsp3) is 0.385. The second-order valence-corrected chi connectivity index (χ2v) is 4.35. The monoisotopic (exact) mass is 249 g/mol. The summed E-state index contributed by atoms with van der Waals surface area (Å²) < 4.78 is 0. The minimum absolute atomic E-state index is 0.163. The number of likely N-dealkylation sites (N-methyl/N-ethyl adjacent to an activating group) is 1. The molecule has 1 rings (SSSR count). The van der Waals surface area contributed by atoms with Crippen LogP contribution in [0.2, 0.25) is 0 Å². The molecular formula is C13H19N3O2. The number of carbonyl (C=O) groups is 2. The molecule has 3 N–H and O–H groups in total. The fourth-order valence-corrected chi connectivity index (χ4v) is 1.56. The second kappa shape index (κ2) is 6.16. The van der Waals surface area contributed by atoms with Crippen LogP contribution >= 0.6 is 0 Å². The third-order valence-corrected chi connectivity index (χ3v) is 2.61. The first-order valence-electron chi connectivity index (χ1n) is 5.75. The van der Waals surface area contributed by atoms with Gasteiger partial charge in [-0.3, -0.25) is 9.59 Å². The largest absolute Gasteiger partial charge is 0.347 e. The van der Waals surface area contributed by atoms with Crippen LogP contribution in [0, 0.1) is 0 Å². The van der Waals surface area contributed by atoms with Crippen molar-refractivity contribution in [1.82, 2.24) is 10.2 Å². The zero-order valence-corrected chi connectivity index (χ0v) is 10.9. The molecule has 1 aromatic rings. The molecule has 2 amide bonds. The molecule has 0 fully saturated rings. The number of nitrogens with two attached hydrogens (primary N) is 1. The van der Waals surface area contributed by atoms with E-state index in [1.54, 1.807) is 33.2 Å². The van der Waals surface area contributed by atoms with Gasteiger partial charge in [-0.15, -0.1) is 0 Å². The summed E-state index contributed by atoms with van der Waals surface area (Å²) in [5.41, 5.74) is 6.55. The maximum atomic E-state index is 11.9. The maximum Gasteiger partial charge on any atom is 0.244 e. The van der Waals surface area contributed by atoms with E-state index in [2.05, 4.69) is 5.32 Å². The molecule has 5 nitrogen and oxygen atoms in total. The lowest BCUT2D eigenvalue weighted by atomic mass is 10.1. The molecule has 0 spiro atoms. The normalized spacial score (nSPS) is 13.6. The summed E-state index contributed by atoms with van der Waals surface area (Å²) in [6, 6.07) is 7.71. The highest BCUT2D eigenvalue weighted by molar-refractivity contribution is 5.89. The van der Waals surface area contributed by atoms with Crippen LogP contribution in [-0.2, 0) is 9.59 Å². The molecule has 1 aromatic carbocycles.